The predicted molar refractivity (Wildman–Crippen MR) is 89.3 cm³/mol. The summed E-state index contributed by atoms with van der Waals surface area (Å²) in [6.07, 6.45) is 5.60. The third kappa shape index (κ3) is 4.14. The first-order chi connectivity index (χ1) is 12.0. The van der Waals surface area contributed by atoms with Crippen LogP contribution in [0.3, 0.4) is 0 Å². The number of esters is 3. The highest BCUT2D eigenvalue weighted by molar-refractivity contribution is 6.01. The van der Waals surface area contributed by atoms with Gasteiger partial charge in [0.05, 0.1) is 26.4 Å². The van der Waals surface area contributed by atoms with Gasteiger partial charge in [0.25, 0.3) is 0 Å². The Bertz CT molecular complexity index is 556. The molecule has 0 aromatic carbocycles. The topological polar surface area (TPSA) is 90.9 Å². The van der Waals surface area contributed by atoms with Crippen LogP contribution in [0.25, 0.3) is 0 Å². The third-order valence-corrected chi connectivity index (χ3v) is 5.02. The number of carbonyl (C=O) groups excluding carboxylic acids is 3. The lowest BCUT2D eigenvalue weighted by Crippen LogP contribution is -2.53. The molecule has 1 saturated carbocycles. The Morgan fingerprint density at radius 3 is 2.24 bits per heavy atom. The Balaban J connectivity index is 2.50. The van der Waals surface area contributed by atoms with Crippen molar-refractivity contribution in [3.05, 3.63) is 11.3 Å². The van der Waals surface area contributed by atoms with E-state index in [0.717, 1.165) is 38.5 Å². The van der Waals surface area contributed by atoms with E-state index in [-0.39, 0.29) is 24.1 Å². The Morgan fingerprint density at radius 1 is 1.00 bits per heavy atom. The van der Waals surface area contributed by atoms with E-state index < -0.39 is 23.9 Å². The SMILES string of the molecule is CCOC(=O)C1NC(C(=O)OC)=C(C(=O)OC)[C@@H]2CCCCCC[C@@H]12. The van der Waals surface area contributed by atoms with Gasteiger partial charge >= 0.3 is 17.9 Å². The summed E-state index contributed by atoms with van der Waals surface area (Å²) in [6.45, 7) is 2.00. The van der Waals surface area contributed by atoms with Crippen molar-refractivity contribution < 1.29 is 28.6 Å². The molecule has 0 amide bonds. The lowest BCUT2D eigenvalue weighted by atomic mass is 9.71. The molecule has 7 heteroatoms. The molecule has 0 saturated heterocycles. The van der Waals surface area contributed by atoms with E-state index >= 15 is 0 Å². The van der Waals surface area contributed by atoms with Gasteiger partial charge in [0, 0.05) is 0 Å². The molecule has 1 unspecified atom stereocenters. The van der Waals surface area contributed by atoms with E-state index in [1.807, 2.05) is 0 Å². The van der Waals surface area contributed by atoms with Crippen LogP contribution in [0.4, 0.5) is 0 Å². The van der Waals surface area contributed by atoms with Gasteiger partial charge in [-0.1, -0.05) is 25.7 Å². The van der Waals surface area contributed by atoms with Crippen molar-refractivity contribution in [2.75, 3.05) is 20.8 Å². The first kappa shape index (κ1) is 19.3. The van der Waals surface area contributed by atoms with Crippen LogP contribution in [0, 0.1) is 11.8 Å². The summed E-state index contributed by atoms with van der Waals surface area (Å²) in [5.41, 5.74) is 0.316. The van der Waals surface area contributed by atoms with E-state index in [1.54, 1.807) is 6.92 Å². The zero-order valence-electron chi connectivity index (χ0n) is 15.1. The maximum Gasteiger partial charge on any atom is 0.354 e. The number of carbonyl (C=O) groups is 3. The normalized spacial score (nSPS) is 26.4. The van der Waals surface area contributed by atoms with Crippen molar-refractivity contribution in [2.45, 2.75) is 51.5 Å². The number of methoxy groups -OCH3 is 2. The molecule has 7 nitrogen and oxygen atoms in total. The molecule has 1 heterocycles. The molecule has 0 aromatic heterocycles. The molecule has 1 aliphatic carbocycles. The molecule has 0 aromatic rings. The lowest BCUT2D eigenvalue weighted by molar-refractivity contribution is -0.150. The van der Waals surface area contributed by atoms with Gasteiger partial charge in [-0.25, -0.2) is 14.4 Å². The van der Waals surface area contributed by atoms with Crippen molar-refractivity contribution in [1.29, 1.82) is 0 Å². The number of fused-ring (bicyclic) bond motifs is 1. The Hall–Kier alpha value is -2.05. The fourth-order valence-electron chi connectivity index (χ4n) is 3.90. The summed E-state index contributed by atoms with van der Waals surface area (Å²) in [6, 6.07) is -0.662. The molecule has 25 heavy (non-hydrogen) atoms. The minimum Gasteiger partial charge on any atom is -0.466 e. The van der Waals surface area contributed by atoms with Crippen molar-refractivity contribution in [1.82, 2.24) is 5.32 Å². The third-order valence-electron chi connectivity index (χ3n) is 5.02. The average Bonchev–Trinajstić information content (AvgIpc) is 2.59. The number of nitrogens with one attached hydrogen (secondary N) is 1. The van der Waals surface area contributed by atoms with Crippen molar-refractivity contribution in [3.8, 4) is 0 Å². The predicted octanol–water partition coefficient (Wildman–Crippen LogP) is 1.71. The van der Waals surface area contributed by atoms with E-state index in [0.29, 0.717) is 5.57 Å². The molecule has 0 radical (unpaired) electrons. The molecule has 140 valence electrons. The standard InChI is InChI=1S/C18H27NO6/c1-4-25-18(22)14-12-10-8-6-5-7-9-11(12)13(16(20)23-2)15(19-14)17(21)24-3/h11-12,14,19H,4-10H2,1-3H3/t11-,12-,14?/m1/s1. The van der Waals surface area contributed by atoms with Crippen LogP contribution in [-0.2, 0) is 28.6 Å². The van der Waals surface area contributed by atoms with Gasteiger partial charge < -0.3 is 19.5 Å². The number of hydrogen-bond acceptors (Lipinski definition) is 7. The molecular weight excluding hydrogens is 326 g/mol. The Labute approximate surface area is 148 Å². The molecule has 2 rings (SSSR count). The molecule has 1 N–H and O–H groups in total. The highest BCUT2D eigenvalue weighted by Gasteiger charge is 2.46. The van der Waals surface area contributed by atoms with Crippen LogP contribution in [0.5, 0.6) is 0 Å². The van der Waals surface area contributed by atoms with Crippen LogP contribution in [-0.4, -0.2) is 44.8 Å². The summed E-state index contributed by atoms with van der Waals surface area (Å²) < 4.78 is 14.9. The highest BCUT2D eigenvalue weighted by atomic mass is 16.5. The van der Waals surface area contributed by atoms with Gasteiger partial charge in [0.2, 0.25) is 0 Å². The van der Waals surface area contributed by atoms with Crippen LogP contribution < -0.4 is 5.32 Å². The van der Waals surface area contributed by atoms with Crippen molar-refractivity contribution in [3.63, 3.8) is 0 Å². The lowest BCUT2D eigenvalue weighted by Gasteiger charge is -2.40. The van der Waals surface area contributed by atoms with Crippen LogP contribution >= 0.6 is 0 Å². The molecule has 3 atom stereocenters. The first-order valence-electron chi connectivity index (χ1n) is 8.89. The second-order valence-electron chi connectivity index (χ2n) is 6.41. The summed E-state index contributed by atoms with van der Waals surface area (Å²) in [4.78, 5) is 37.1. The summed E-state index contributed by atoms with van der Waals surface area (Å²) >= 11 is 0. The minimum atomic E-state index is -0.671. The maximum atomic E-state index is 12.5. The smallest absolute Gasteiger partial charge is 0.354 e. The van der Waals surface area contributed by atoms with E-state index in [1.165, 1.54) is 14.2 Å². The molecular formula is C18H27NO6. The van der Waals surface area contributed by atoms with Gasteiger partial charge in [-0.2, -0.15) is 0 Å². The zero-order valence-corrected chi connectivity index (χ0v) is 15.1. The first-order valence-corrected chi connectivity index (χ1v) is 8.89. The van der Waals surface area contributed by atoms with Crippen molar-refractivity contribution >= 4 is 17.9 Å². The van der Waals surface area contributed by atoms with Gasteiger partial charge in [-0.05, 0) is 31.6 Å². The van der Waals surface area contributed by atoms with Crippen LogP contribution in [0.1, 0.15) is 45.4 Å². The molecule has 1 aliphatic heterocycles. The Morgan fingerprint density at radius 2 is 1.64 bits per heavy atom. The van der Waals surface area contributed by atoms with Crippen LogP contribution in [0.15, 0.2) is 11.3 Å². The molecule has 1 fully saturated rings. The van der Waals surface area contributed by atoms with Gasteiger partial charge in [-0.3, -0.25) is 0 Å². The maximum absolute atomic E-state index is 12.5. The quantitative estimate of drug-likeness (QED) is 0.608. The fraction of sp³-hybridized carbons (Fsp3) is 0.722. The Kier molecular flexibility index (Phi) is 6.84. The second kappa shape index (κ2) is 8.87. The van der Waals surface area contributed by atoms with Crippen LogP contribution in [0.2, 0.25) is 0 Å². The monoisotopic (exact) mass is 353 g/mol. The number of ether oxygens (including phenoxy) is 3. The highest BCUT2D eigenvalue weighted by Crippen LogP contribution is 2.40. The van der Waals surface area contributed by atoms with Crippen molar-refractivity contribution in [2.24, 2.45) is 11.8 Å². The summed E-state index contributed by atoms with van der Waals surface area (Å²) in [5, 5.41) is 2.93. The molecule has 2 aliphatic rings. The van der Waals surface area contributed by atoms with Gasteiger partial charge in [-0.15, -0.1) is 0 Å². The molecule has 0 spiro atoms. The minimum absolute atomic E-state index is 0.0224. The number of rotatable bonds is 4. The zero-order chi connectivity index (χ0) is 18.4. The van der Waals surface area contributed by atoms with Gasteiger partial charge in [0.1, 0.15) is 11.7 Å². The summed E-state index contributed by atoms with van der Waals surface area (Å²) in [7, 11) is 2.54. The van der Waals surface area contributed by atoms with E-state index in [2.05, 4.69) is 5.32 Å². The fourth-order valence-corrected chi connectivity index (χ4v) is 3.90. The summed E-state index contributed by atoms with van der Waals surface area (Å²) in [5.74, 6) is -1.95. The molecule has 0 bridgehead atoms. The van der Waals surface area contributed by atoms with Gasteiger partial charge in [0.15, 0.2) is 0 Å². The number of hydrogen-bond donors (Lipinski definition) is 1. The van der Waals surface area contributed by atoms with E-state index in [9.17, 15) is 14.4 Å². The van der Waals surface area contributed by atoms with E-state index in [4.69, 9.17) is 14.2 Å². The average molecular weight is 353 g/mol. The largest absolute Gasteiger partial charge is 0.466 e. The second-order valence-corrected chi connectivity index (χ2v) is 6.41.